The molecule has 0 radical (unpaired) electrons. The van der Waals surface area contributed by atoms with Crippen LogP contribution in [0, 0.1) is 12.8 Å². The van der Waals surface area contributed by atoms with Gasteiger partial charge in [-0.15, -0.1) is 0 Å². The highest BCUT2D eigenvalue weighted by Crippen LogP contribution is 2.29. The number of hydrogen-bond acceptors (Lipinski definition) is 2. The van der Waals surface area contributed by atoms with Gasteiger partial charge in [0.15, 0.2) is 0 Å². The largest absolute Gasteiger partial charge is 0.335 e. The van der Waals surface area contributed by atoms with Gasteiger partial charge in [-0.3, -0.25) is 4.68 Å². The molecule has 2 amide bonds. The van der Waals surface area contributed by atoms with Crippen molar-refractivity contribution in [3.05, 3.63) is 11.9 Å². The fourth-order valence-corrected chi connectivity index (χ4v) is 2.53. The van der Waals surface area contributed by atoms with Crippen LogP contribution in [0.25, 0.3) is 0 Å². The monoisotopic (exact) mass is 278 g/mol. The number of nitrogens with one attached hydrogen (secondary N) is 2. The van der Waals surface area contributed by atoms with E-state index in [9.17, 15) is 4.79 Å². The number of aryl methyl sites for hydroxylation is 1. The Balaban J connectivity index is 1.85. The van der Waals surface area contributed by atoms with Crippen LogP contribution < -0.4 is 10.6 Å². The van der Waals surface area contributed by atoms with Gasteiger partial charge in [0.1, 0.15) is 0 Å². The molecule has 1 unspecified atom stereocenters. The lowest BCUT2D eigenvalue weighted by Crippen LogP contribution is -2.42. The van der Waals surface area contributed by atoms with Crippen LogP contribution in [0.3, 0.4) is 0 Å². The van der Waals surface area contributed by atoms with E-state index in [4.69, 9.17) is 0 Å². The zero-order valence-corrected chi connectivity index (χ0v) is 12.8. The van der Waals surface area contributed by atoms with Crippen molar-refractivity contribution in [3.63, 3.8) is 0 Å². The molecule has 5 nitrogen and oxygen atoms in total. The predicted molar refractivity (Wildman–Crippen MR) is 80.8 cm³/mol. The van der Waals surface area contributed by atoms with E-state index in [0.717, 1.165) is 30.8 Å². The second-order valence-corrected chi connectivity index (χ2v) is 5.80. The van der Waals surface area contributed by atoms with Crippen molar-refractivity contribution in [3.8, 4) is 0 Å². The standard InChI is InChI=1S/C15H26N4O/c1-4-5-9-19-12(3)14(10-16-19)18-15(20)17-11(2)13-7-6-8-13/h10-11,13H,4-9H2,1-3H3,(H2,17,18,20). The number of aromatic nitrogens is 2. The first-order valence-corrected chi connectivity index (χ1v) is 7.71. The Kier molecular flexibility index (Phi) is 5.04. The summed E-state index contributed by atoms with van der Waals surface area (Å²) in [5, 5.41) is 10.3. The van der Waals surface area contributed by atoms with Gasteiger partial charge in [-0.1, -0.05) is 19.8 Å². The van der Waals surface area contributed by atoms with Crippen molar-refractivity contribution >= 4 is 11.7 Å². The molecule has 1 atom stereocenters. The summed E-state index contributed by atoms with van der Waals surface area (Å²) in [5.41, 5.74) is 1.82. The van der Waals surface area contributed by atoms with Gasteiger partial charge in [0.25, 0.3) is 0 Å². The molecular weight excluding hydrogens is 252 g/mol. The van der Waals surface area contributed by atoms with E-state index in [1.807, 2.05) is 11.6 Å². The van der Waals surface area contributed by atoms with E-state index in [1.54, 1.807) is 6.20 Å². The molecule has 0 bridgehead atoms. The van der Waals surface area contributed by atoms with E-state index in [2.05, 4.69) is 29.6 Å². The second kappa shape index (κ2) is 6.77. The van der Waals surface area contributed by atoms with Gasteiger partial charge in [0.2, 0.25) is 0 Å². The molecule has 1 aliphatic carbocycles. The Morgan fingerprint density at radius 1 is 1.55 bits per heavy atom. The Morgan fingerprint density at radius 2 is 2.30 bits per heavy atom. The number of rotatable bonds is 6. The average Bonchev–Trinajstić information content (AvgIpc) is 2.66. The normalized spacial score (nSPS) is 16.6. The number of amides is 2. The van der Waals surface area contributed by atoms with Crippen molar-refractivity contribution in [2.45, 2.75) is 65.5 Å². The van der Waals surface area contributed by atoms with Gasteiger partial charge in [-0.2, -0.15) is 5.10 Å². The maximum Gasteiger partial charge on any atom is 0.319 e. The van der Waals surface area contributed by atoms with E-state index in [-0.39, 0.29) is 12.1 Å². The molecule has 1 aromatic heterocycles. The SMILES string of the molecule is CCCCn1ncc(NC(=O)NC(C)C2CCC2)c1C. The maximum absolute atomic E-state index is 12.0. The first-order chi connectivity index (χ1) is 9.61. The molecule has 1 saturated carbocycles. The van der Waals surface area contributed by atoms with Crippen LogP contribution in [0.1, 0.15) is 51.6 Å². The molecule has 1 fully saturated rings. The summed E-state index contributed by atoms with van der Waals surface area (Å²) in [7, 11) is 0. The smallest absolute Gasteiger partial charge is 0.319 e. The molecule has 5 heteroatoms. The lowest BCUT2D eigenvalue weighted by Gasteiger charge is -2.31. The van der Waals surface area contributed by atoms with E-state index in [1.165, 1.54) is 19.3 Å². The minimum atomic E-state index is -0.123. The average molecular weight is 278 g/mol. The molecule has 1 aliphatic rings. The number of anilines is 1. The molecule has 0 spiro atoms. The van der Waals surface area contributed by atoms with Gasteiger partial charge >= 0.3 is 6.03 Å². The minimum absolute atomic E-state index is 0.123. The number of carbonyl (C=O) groups is 1. The number of nitrogens with zero attached hydrogens (tertiary/aromatic N) is 2. The summed E-state index contributed by atoms with van der Waals surface area (Å²) in [5.74, 6) is 0.647. The fraction of sp³-hybridized carbons (Fsp3) is 0.733. The molecule has 0 saturated heterocycles. The van der Waals surface area contributed by atoms with Gasteiger partial charge in [-0.25, -0.2) is 4.79 Å². The Hall–Kier alpha value is -1.52. The summed E-state index contributed by atoms with van der Waals surface area (Å²) in [6, 6.07) is 0.127. The second-order valence-electron chi connectivity index (χ2n) is 5.80. The van der Waals surface area contributed by atoms with Gasteiger partial charge in [0.05, 0.1) is 17.6 Å². The van der Waals surface area contributed by atoms with Crippen LogP contribution in [0.4, 0.5) is 10.5 Å². The predicted octanol–water partition coefficient (Wildman–Crippen LogP) is 3.30. The van der Waals surface area contributed by atoms with Crippen molar-refractivity contribution < 1.29 is 4.79 Å². The summed E-state index contributed by atoms with van der Waals surface area (Å²) < 4.78 is 1.95. The van der Waals surface area contributed by atoms with Crippen molar-refractivity contribution in [1.29, 1.82) is 0 Å². The molecule has 2 rings (SSSR count). The van der Waals surface area contributed by atoms with Gasteiger partial charge in [0, 0.05) is 12.6 Å². The summed E-state index contributed by atoms with van der Waals surface area (Å²) in [6.07, 6.45) is 7.74. The highest BCUT2D eigenvalue weighted by molar-refractivity contribution is 5.89. The Labute approximate surface area is 121 Å². The summed E-state index contributed by atoms with van der Waals surface area (Å²) in [6.45, 7) is 7.14. The van der Waals surface area contributed by atoms with Crippen molar-refractivity contribution in [1.82, 2.24) is 15.1 Å². The van der Waals surface area contributed by atoms with E-state index < -0.39 is 0 Å². The van der Waals surface area contributed by atoms with E-state index in [0.29, 0.717) is 5.92 Å². The topological polar surface area (TPSA) is 59.0 Å². The van der Waals surface area contributed by atoms with E-state index >= 15 is 0 Å². The maximum atomic E-state index is 12.0. The van der Waals surface area contributed by atoms with Crippen molar-refractivity contribution in [2.75, 3.05) is 5.32 Å². The highest BCUT2D eigenvalue weighted by Gasteiger charge is 2.25. The summed E-state index contributed by atoms with van der Waals surface area (Å²) >= 11 is 0. The van der Waals surface area contributed by atoms with Crippen LogP contribution in [0.15, 0.2) is 6.20 Å². The highest BCUT2D eigenvalue weighted by atomic mass is 16.2. The fourth-order valence-electron chi connectivity index (χ4n) is 2.53. The van der Waals surface area contributed by atoms with Crippen LogP contribution in [-0.2, 0) is 6.54 Å². The number of unbranched alkanes of at least 4 members (excludes halogenated alkanes) is 1. The molecule has 1 aromatic rings. The van der Waals surface area contributed by atoms with Crippen molar-refractivity contribution in [2.24, 2.45) is 5.92 Å². The van der Waals surface area contributed by atoms with Crippen LogP contribution in [0.2, 0.25) is 0 Å². The molecule has 1 heterocycles. The molecule has 2 N–H and O–H groups in total. The first-order valence-electron chi connectivity index (χ1n) is 7.71. The first kappa shape index (κ1) is 14.9. The third-order valence-corrected chi connectivity index (χ3v) is 4.29. The summed E-state index contributed by atoms with van der Waals surface area (Å²) in [4.78, 5) is 12.0. The van der Waals surface area contributed by atoms with Crippen LogP contribution >= 0.6 is 0 Å². The number of urea groups is 1. The zero-order valence-electron chi connectivity index (χ0n) is 12.8. The molecule has 0 aliphatic heterocycles. The minimum Gasteiger partial charge on any atom is -0.335 e. The molecule has 112 valence electrons. The molecular formula is C15H26N4O. The van der Waals surface area contributed by atoms with Gasteiger partial charge in [-0.05, 0) is 39.0 Å². The van der Waals surface area contributed by atoms with Crippen LogP contribution in [0.5, 0.6) is 0 Å². The van der Waals surface area contributed by atoms with Gasteiger partial charge < -0.3 is 10.6 Å². The number of carbonyl (C=O) groups excluding carboxylic acids is 1. The quantitative estimate of drug-likeness (QED) is 0.838. The molecule has 0 aromatic carbocycles. The Bertz CT molecular complexity index is 451. The zero-order chi connectivity index (χ0) is 14.5. The van der Waals surface area contributed by atoms with Crippen LogP contribution in [-0.4, -0.2) is 21.9 Å². The Morgan fingerprint density at radius 3 is 2.90 bits per heavy atom. The third-order valence-electron chi connectivity index (χ3n) is 4.29. The lowest BCUT2D eigenvalue weighted by molar-refractivity contribution is 0.222. The molecule has 20 heavy (non-hydrogen) atoms. The number of hydrogen-bond donors (Lipinski definition) is 2. The lowest BCUT2D eigenvalue weighted by atomic mass is 9.80. The third kappa shape index (κ3) is 3.52.